The first-order valence-electron chi connectivity index (χ1n) is 5.18. The van der Waals surface area contributed by atoms with Gasteiger partial charge < -0.3 is 10.4 Å². The van der Waals surface area contributed by atoms with Crippen molar-refractivity contribution in [1.82, 2.24) is 4.98 Å². The van der Waals surface area contributed by atoms with E-state index in [4.69, 9.17) is 5.11 Å². The molecule has 0 spiro atoms. The van der Waals surface area contributed by atoms with E-state index in [0.717, 1.165) is 10.9 Å². The first-order valence-corrected chi connectivity index (χ1v) is 6.00. The van der Waals surface area contributed by atoms with Crippen molar-refractivity contribution >= 4 is 33.8 Å². The quantitative estimate of drug-likeness (QED) is 0.658. The number of nitro groups is 1. The summed E-state index contributed by atoms with van der Waals surface area (Å²) >= 11 is 1.32. The number of nitrogens with one attached hydrogen (secondary N) is 1. The Bertz CT molecular complexity index is 653. The van der Waals surface area contributed by atoms with Gasteiger partial charge in [-0.15, -0.1) is 11.3 Å². The zero-order valence-electron chi connectivity index (χ0n) is 9.78. The van der Waals surface area contributed by atoms with Crippen LogP contribution in [0.5, 0.6) is 0 Å². The molecule has 2 aromatic rings. The van der Waals surface area contributed by atoms with Gasteiger partial charge in [0.15, 0.2) is 5.13 Å². The summed E-state index contributed by atoms with van der Waals surface area (Å²) in [6.07, 6.45) is 1.62. The maximum absolute atomic E-state index is 10.9. The normalized spacial score (nSPS) is 10.2. The fourth-order valence-electron chi connectivity index (χ4n) is 1.46. The molecule has 0 unspecified atom stereocenters. The van der Waals surface area contributed by atoms with Gasteiger partial charge in [-0.05, 0) is 19.1 Å². The fraction of sp³-hybridized carbons (Fsp3) is 0.0909. The van der Waals surface area contributed by atoms with Crippen molar-refractivity contribution in [1.29, 1.82) is 0 Å². The highest BCUT2D eigenvalue weighted by Crippen LogP contribution is 2.30. The predicted octanol–water partition coefficient (Wildman–Crippen LogP) is 2.80. The molecule has 7 nitrogen and oxygen atoms in total. The summed E-state index contributed by atoms with van der Waals surface area (Å²) in [7, 11) is 0. The van der Waals surface area contributed by atoms with Gasteiger partial charge in [0.1, 0.15) is 5.69 Å². The SMILES string of the molecule is Cc1cnc(Nc2cc(C(=O)O)ccc2[N+](=O)[O-])s1. The molecule has 0 saturated heterocycles. The lowest BCUT2D eigenvalue weighted by molar-refractivity contribution is -0.383. The van der Waals surface area contributed by atoms with E-state index in [0.29, 0.717) is 5.13 Å². The summed E-state index contributed by atoms with van der Waals surface area (Å²) in [4.78, 5) is 26.2. The van der Waals surface area contributed by atoms with E-state index in [9.17, 15) is 14.9 Å². The molecule has 1 aromatic carbocycles. The summed E-state index contributed by atoms with van der Waals surface area (Å²) in [6.45, 7) is 1.85. The molecule has 0 aliphatic heterocycles. The second-order valence-corrected chi connectivity index (χ2v) is 4.93. The average molecular weight is 279 g/mol. The highest BCUT2D eigenvalue weighted by molar-refractivity contribution is 7.15. The van der Waals surface area contributed by atoms with Crippen LogP contribution in [0.3, 0.4) is 0 Å². The van der Waals surface area contributed by atoms with Crippen molar-refractivity contribution in [2.75, 3.05) is 5.32 Å². The molecule has 8 heteroatoms. The summed E-state index contributed by atoms with van der Waals surface area (Å²) in [5.74, 6) is -1.15. The number of aromatic carboxylic acids is 1. The molecule has 0 aliphatic carbocycles. The number of nitrogens with zero attached hydrogens (tertiary/aromatic N) is 2. The standard InChI is InChI=1S/C11H9N3O4S/c1-6-5-12-11(19-6)13-8-4-7(10(15)16)2-3-9(8)14(17)18/h2-5H,1H3,(H,12,13)(H,15,16). The minimum Gasteiger partial charge on any atom is -0.478 e. The zero-order valence-corrected chi connectivity index (χ0v) is 10.6. The third kappa shape index (κ3) is 2.86. The Morgan fingerprint density at radius 1 is 1.53 bits per heavy atom. The number of rotatable bonds is 4. The summed E-state index contributed by atoms with van der Waals surface area (Å²) in [5, 5.41) is 23.0. The monoisotopic (exact) mass is 279 g/mol. The van der Waals surface area contributed by atoms with Gasteiger partial charge in [-0.25, -0.2) is 9.78 Å². The number of aromatic nitrogens is 1. The molecule has 2 N–H and O–H groups in total. The van der Waals surface area contributed by atoms with Crippen molar-refractivity contribution in [2.24, 2.45) is 0 Å². The zero-order chi connectivity index (χ0) is 14.0. The van der Waals surface area contributed by atoms with Crippen LogP contribution in [0, 0.1) is 17.0 Å². The molecule has 98 valence electrons. The Balaban J connectivity index is 2.42. The highest BCUT2D eigenvalue weighted by atomic mass is 32.1. The van der Waals surface area contributed by atoms with E-state index in [-0.39, 0.29) is 16.9 Å². The Morgan fingerprint density at radius 2 is 2.26 bits per heavy atom. The Labute approximate surface area is 111 Å². The second-order valence-electron chi connectivity index (χ2n) is 3.70. The van der Waals surface area contributed by atoms with Crippen LogP contribution in [0.4, 0.5) is 16.5 Å². The van der Waals surface area contributed by atoms with Crippen molar-refractivity contribution in [3.8, 4) is 0 Å². The Morgan fingerprint density at radius 3 is 2.79 bits per heavy atom. The second kappa shape index (κ2) is 5.02. The Hall–Kier alpha value is -2.48. The Kier molecular flexibility index (Phi) is 3.43. The molecule has 0 saturated carbocycles. The number of carboxylic acid groups (broad SMARTS) is 1. The van der Waals surface area contributed by atoms with Crippen LogP contribution in [0.25, 0.3) is 0 Å². The summed E-state index contributed by atoms with van der Waals surface area (Å²) in [6, 6.07) is 3.57. The van der Waals surface area contributed by atoms with Gasteiger partial charge in [0.25, 0.3) is 5.69 Å². The molecule has 1 aromatic heterocycles. The topological polar surface area (TPSA) is 105 Å². The van der Waals surface area contributed by atoms with Crippen LogP contribution in [0.2, 0.25) is 0 Å². The van der Waals surface area contributed by atoms with E-state index in [1.165, 1.54) is 23.5 Å². The van der Waals surface area contributed by atoms with Gasteiger partial charge >= 0.3 is 5.97 Å². The number of thiazole rings is 1. The van der Waals surface area contributed by atoms with Gasteiger partial charge in [0.05, 0.1) is 10.5 Å². The van der Waals surface area contributed by atoms with Crippen LogP contribution >= 0.6 is 11.3 Å². The molecular weight excluding hydrogens is 270 g/mol. The lowest BCUT2D eigenvalue weighted by Crippen LogP contribution is -2.01. The van der Waals surface area contributed by atoms with Crippen LogP contribution in [-0.2, 0) is 0 Å². The number of carbonyl (C=O) groups is 1. The predicted molar refractivity (Wildman–Crippen MR) is 70.2 cm³/mol. The van der Waals surface area contributed by atoms with E-state index in [1.54, 1.807) is 6.20 Å². The molecule has 0 amide bonds. The van der Waals surface area contributed by atoms with Crippen LogP contribution in [0.1, 0.15) is 15.2 Å². The molecular formula is C11H9N3O4S. The largest absolute Gasteiger partial charge is 0.478 e. The van der Waals surface area contributed by atoms with Crippen molar-refractivity contribution in [3.05, 3.63) is 45.0 Å². The van der Waals surface area contributed by atoms with Gasteiger partial charge in [-0.2, -0.15) is 0 Å². The number of anilines is 2. The molecule has 1 heterocycles. The first kappa shape index (κ1) is 13.0. The van der Waals surface area contributed by atoms with Gasteiger partial charge in [0.2, 0.25) is 0 Å². The van der Waals surface area contributed by atoms with E-state index in [1.807, 2.05) is 6.92 Å². The molecule has 19 heavy (non-hydrogen) atoms. The molecule has 2 rings (SSSR count). The van der Waals surface area contributed by atoms with Crippen molar-refractivity contribution in [2.45, 2.75) is 6.92 Å². The third-order valence-electron chi connectivity index (χ3n) is 2.30. The van der Waals surface area contributed by atoms with Crippen LogP contribution in [-0.4, -0.2) is 21.0 Å². The summed E-state index contributed by atoms with van der Waals surface area (Å²) < 4.78 is 0. The minimum absolute atomic E-state index is 0.0265. The number of nitro benzene ring substituents is 1. The number of hydrogen-bond donors (Lipinski definition) is 2. The lowest BCUT2D eigenvalue weighted by Gasteiger charge is -2.05. The molecule has 0 atom stereocenters. The van der Waals surface area contributed by atoms with Crippen LogP contribution in [0.15, 0.2) is 24.4 Å². The van der Waals surface area contributed by atoms with E-state index >= 15 is 0 Å². The average Bonchev–Trinajstić information content (AvgIpc) is 2.74. The summed E-state index contributed by atoms with van der Waals surface area (Å²) in [5.41, 5.74) is -0.113. The number of carboxylic acids is 1. The molecule has 0 radical (unpaired) electrons. The number of benzene rings is 1. The number of hydrogen-bond acceptors (Lipinski definition) is 6. The molecule has 0 bridgehead atoms. The number of aryl methyl sites for hydroxylation is 1. The van der Waals surface area contributed by atoms with Gasteiger partial charge in [-0.1, -0.05) is 0 Å². The van der Waals surface area contributed by atoms with Gasteiger partial charge in [0, 0.05) is 17.1 Å². The van der Waals surface area contributed by atoms with Gasteiger partial charge in [-0.3, -0.25) is 10.1 Å². The third-order valence-corrected chi connectivity index (χ3v) is 3.13. The highest BCUT2D eigenvalue weighted by Gasteiger charge is 2.17. The van der Waals surface area contributed by atoms with E-state index < -0.39 is 10.9 Å². The maximum atomic E-state index is 10.9. The van der Waals surface area contributed by atoms with Crippen molar-refractivity contribution < 1.29 is 14.8 Å². The first-order chi connectivity index (χ1) is 8.97. The fourth-order valence-corrected chi connectivity index (χ4v) is 2.13. The minimum atomic E-state index is -1.15. The van der Waals surface area contributed by atoms with E-state index in [2.05, 4.69) is 10.3 Å². The molecule has 0 fully saturated rings. The lowest BCUT2D eigenvalue weighted by atomic mass is 10.2. The van der Waals surface area contributed by atoms with Crippen molar-refractivity contribution in [3.63, 3.8) is 0 Å². The molecule has 0 aliphatic rings. The smallest absolute Gasteiger partial charge is 0.335 e. The maximum Gasteiger partial charge on any atom is 0.335 e. The van der Waals surface area contributed by atoms with Crippen LogP contribution < -0.4 is 5.32 Å².